The number of primary sulfonamides is 1. The van der Waals surface area contributed by atoms with Gasteiger partial charge in [-0.2, -0.15) is 0 Å². The summed E-state index contributed by atoms with van der Waals surface area (Å²) in [4.78, 5) is 4.16. The molecule has 0 bridgehead atoms. The number of hydrogen-bond donors (Lipinski definition) is 3. The number of sulfonamides is 1. The molecule has 0 saturated heterocycles. The summed E-state index contributed by atoms with van der Waals surface area (Å²) in [6.07, 6.45) is 0. The lowest BCUT2D eigenvalue weighted by atomic mass is 10.2. The van der Waals surface area contributed by atoms with Crippen molar-refractivity contribution in [1.82, 2.24) is 4.98 Å². The van der Waals surface area contributed by atoms with Gasteiger partial charge in [0, 0.05) is 11.4 Å². The largest absolute Gasteiger partial charge is 0.399 e. The molecule has 6 nitrogen and oxygen atoms in total. The van der Waals surface area contributed by atoms with Gasteiger partial charge >= 0.3 is 0 Å². The van der Waals surface area contributed by atoms with Crippen molar-refractivity contribution >= 4 is 48.6 Å². The molecule has 0 radical (unpaired) electrons. The van der Waals surface area contributed by atoms with E-state index in [1.54, 1.807) is 17.6 Å². The standard InChI is InChI=1S/C13H12N4O2S2/c14-8-1-3-11(13(5-8)21(15,18)19)17-9-2-4-10-12(6-9)20-7-16-10/h1-7,17H,14H2,(H2,15,18,19). The zero-order valence-electron chi connectivity index (χ0n) is 10.8. The van der Waals surface area contributed by atoms with Gasteiger partial charge in [0.15, 0.2) is 0 Å². The van der Waals surface area contributed by atoms with Crippen LogP contribution in [0.3, 0.4) is 0 Å². The molecule has 1 aromatic heterocycles. The van der Waals surface area contributed by atoms with Crippen LogP contribution in [0.25, 0.3) is 10.2 Å². The lowest BCUT2D eigenvalue weighted by molar-refractivity contribution is 0.598. The van der Waals surface area contributed by atoms with Crippen LogP contribution in [-0.4, -0.2) is 13.4 Å². The SMILES string of the molecule is Nc1ccc(Nc2ccc3ncsc3c2)c(S(N)(=O)=O)c1. The number of nitrogen functional groups attached to an aromatic ring is 1. The van der Waals surface area contributed by atoms with Crippen LogP contribution in [0.2, 0.25) is 0 Å². The predicted molar refractivity (Wildman–Crippen MR) is 85.1 cm³/mol. The molecule has 21 heavy (non-hydrogen) atoms. The van der Waals surface area contributed by atoms with Crippen LogP contribution >= 0.6 is 11.3 Å². The molecule has 3 rings (SSSR count). The van der Waals surface area contributed by atoms with Gasteiger partial charge in [0.25, 0.3) is 0 Å². The second-order valence-electron chi connectivity index (χ2n) is 4.46. The van der Waals surface area contributed by atoms with E-state index < -0.39 is 10.0 Å². The van der Waals surface area contributed by atoms with Crippen LogP contribution in [0.15, 0.2) is 46.8 Å². The lowest BCUT2D eigenvalue weighted by Crippen LogP contribution is -2.14. The summed E-state index contributed by atoms with van der Waals surface area (Å²) in [5.41, 5.74) is 9.75. The second kappa shape index (κ2) is 4.99. The van der Waals surface area contributed by atoms with E-state index in [-0.39, 0.29) is 4.90 Å². The van der Waals surface area contributed by atoms with Crippen molar-refractivity contribution in [3.63, 3.8) is 0 Å². The first-order valence-electron chi connectivity index (χ1n) is 5.96. The maximum atomic E-state index is 11.6. The third kappa shape index (κ3) is 2.82. The highest BCUT2D eigenvalue weighted by Crippen LogP contribution is 2.28. The Bertz CT molecular complexity index is 919. The Labute approximate surface area is 125 Å². The Balaban J connectivity index is 2.05. The highest BCUT2D eigenvalue weighted by Gasteiger charge is 2.14. The molecule has 8 heteroatoms. The Morgan fingerprint density at radius 1 is 1.14 bits per heavy atom. The van der Waals surface area contributed by atoms with Gasteiger partial charge in [-0.1, -0.05) is 0 Å². The Morgan fingerprint density at radius 3 is 2.71 bits per heavy atom. The summed E-state index contributed by atoms with van der Waals surface area (Å²) in [7, 11) is -3.86. The predicted octanol–water partition coefficient (Wildman–Crippen LogP) is 2.27. The third-order valence-corrected chi connectivity index (χ3v) is 4.67. The van der Waals surface area contributed by atoms with Gasteiger partial charge in [-0.3, -0.25) is 0 Å². The minimum atomic E-state index is -3.86. The maximum Gasteiger partial charge on any atom is 0.240 e. The summed E-state index contributed by atoms with van der Waals surface area (Å²) in [6.45, 7) is 0. The molecule has 0 aliphatic heterocycles. The fourth-order valence-electron chi connectivity index (χ4n) is 1.97. The van der Waals surface area contributed by atoms with Crippen molar-refractivity contribution < 1.29 is 8.42 Å². The van der Waals surface area contributed by atoms with E-state index in [0.29, 0.717) is 11.4 Å². The highest BCUT2D eigenvalue weighted by atomic mass is 32.2. The Hall–Kier alpha value is -2.16. The number of thiazole rings is 1. The first-order valence-corrected chi connectivity index (χ1v) is 8.39. The number of nitrogens with two attached hydrogens (primary N) is 2. The first-order chi connectivity index (χ1) is 9.93. The quantitative estimate of drug-likeness (QED) is 0.641. The molecule has 0 spiro atoms. The number of anilines is 3. The van der Waals surface area contributed by atoms with E-state index in [0.717, 1.165) is 15.9 Å². The molecule has 3 aromatic rings. The van der Waals surface area contributed by atoms with Crippen LogP contribution in [0.1, 0.15) is 0 Å². The van der Waals surface area contributed by atoms with Crippen molar-refractivity contribution in [1.29, 1.82) is 0 Å². The topological polar surface area (TPSA) is 111 Å². The van der Waals surface area contributed by atoms with E-state index in [4.69, 9.17) is 10.9 Å². The van der Waals surface area contributed by atoms with E-state index in [1.165, 1.54) is 17.4 Å². The van der Waals surface area contributed by atoms with Gasteiger partial charge in [-0.25, -0.2) is 18.5 Å². The molecule has 1 heterocycles. The van der Waals surface area contributed by atoms with Crippen molar-refractivity contribution in [2.45, 2.75) is 4.90 Å². The summed E-state index contributed by atoms with van der Waals surface area (Å²) in [6, 6.07) is 10.1. The van der Waals surface area contributed by atoms with Crippen LogP contribution < -0.4 is 16.2 Å². The van der Waals surface area contributed by atoms with Crippen molar-refractivity contribution in [2.75, 3.05) is 11.1 Å². The Kier molecular flexibility index (Phi) is 3.28. The van der Waals surface area contributed by atoms with Crippen molar-refractivity contribution in [3.8, 4) is 0 Å². The lowest BCUT2D eigenvalue weighted by Gasteiger charge is -2.11. The maximum absolute atomic E-state index is 11.6. The molecule has 5 N–H and O–H groups in total. The summed E-state index contributed by atoms with van der Waals surface area (Å²) in [5.74, 6) is 0. The highest BCUT2D eigenvalue weighted by molar-refractivity contribution is 7.89. The number of nitrogens with zero attached hydrogens (tertiary/aromatic N) is 1. The molecule has 0 atom stereocenters. The fourth-order valence-corrected chi connectivity index (χ4v) is 3.41. The zero-order valence-corrected chi connectivity index (χ0v) is 12.4. The number of aromatic nitrogens is 1. The molecule has 0 aliphatic carbocycles. The summed E-state index contributed by atoms with van der Waals surface area (Å²) in [5, 5.41) is 8.28. The zero-order chi connectivity index (χ0) is 15.0. The van der Waals surface area contributed by atoms with Crippen molar-refractivity contribution in [2.24, 2.45) is 5.14 Å². The first kappa shape index (κ1) is 13.8. The molecule has 108 valence electrons. The number of rotatable bonds is 3. The van der Waals surface area contributed by atoms with Crippen molar-refractivity contribution in [3.05, 3.63) is 41.9 Å². The number of nitrogens with one attached hydrogen (secondary N) is 1. The minimum absolute atomic E-state index is 0.0353. The van der Waals surface area contributed by atoms with E-state index in [1.807, 2.05) is 18.2 Å². The molecular weight excluding hydrogens is 308 g/mol. The van der Waals surface area contributed by atoms with Gasteiger partial charge in [0.1, 0.15) is 4.90 Å². The minimum Gasteiger partial charge on any atom is -0.399 e. The normalized spacial score (nSPS) is 11.7. The van der Waals surface area contributed by atoms with Gasteiger partial charge in [0.05, 0.1) is 21.4 Å². The number of hydrogen-bond acceptors (Lipinski definition) is 6. The van der Waals surface area contributed by atoms with Crippen LogP contribution in [0, 0.1) is 0 Å². The number of benzene rings is 2. The van der Waals surface area contributed by atoms with Gasteiger partial charge in [-0.05, 0) is 36.4 Å². The van der Waals surface area contributed by atoms with Crippen LogP contribution in [0.4, 0.5) is 17.1 Å². The molecule has 0 unspecified atom stereocenters. The van der Waals surface area contributed by atoms with Gasteiger partial charge in [0.2, 0.25) is 10.0 Å². The van der Waals surface area contributed by atoms with E-state index in [2.05, 4.69) is 10.3 Å². The molecule has 0 fully saturated rings. The van der Waals surface area contributed by atoms with E-state index in [9.17, 15) is 8.42 Å². The smallest absolute Gasteiger partial charge is 0.240 e. The Morgan fingerprint density at radius 2 is 1.95 bits per heavy atom. The van der Waals surface area contributed by atoms with Crippen LogP contribution in [-0.2, 0) is 10.0 Å². The third-order valence-electron chi connectivity index (χ3n) is 2.92. The molecule has 0 aliphatic rings. The molecular formula is C13H12N4O2S2. The fraction of sp³-hybridized carbons (Fsp3) is 0. The molecule has 0 saturated carbocycles. The van der Waals surface area contributed by atoms with Gasteiger partial charge in [-0.15, -0.1) is 11.3 Å². The van der Waals surface area contributed by atoms with Crippen LogP contribution in [0.5, 0.6) is 0 Å². The molecule has 2 aromatic carbocycles. The summed E-state index contributed by atoms with van der Waals surface area (Å²) < 4.78 is 24.3. The number of fused-ring (bicyclic) bond motifs is 1. The monoisotopic (exact) mass is 320 g/mol. The average Bonchev–Trinajstić information content (AvgIpc) is 2.87. The van der Waals surface area contributed by atoms with E-state index >= 15 is 0 Å². The molecule has 0 amide bonds. The second-order valence-corrected chi connectivity index (χ2v) is 6.88. The van der Waals surface area contributed by atoms with Gasteiger partial charge < -0.3 is 11.1 Å². The summed E-state index contributed by atoms with van der Waals surface area (Å²) >= 11 is 1.51. The average molecular weight is 320 g/mol.